The highest BCUT2D eigenvalue weighted by Gasteiger charge is 2.17. The highest BCUT2D eigenvalue weighted by atomic mass is 16.5. The van der Waals surface area contributed by atoms with E-state index in [1.165, 1.54) is 0 Å². The minimum atomic E-state index is -0.690. The van der Waals surface area contributed by atoms with E-state index < -0.39 is 6.03 Å². The zero-order chi connectivity index (χ0) is 16.7. The van der Waals surface area contributed by atoms with Crippen molar-refractivity contribution in [2.75, 3.05) is 7.11 Å². The Morgan fingerprint density at radius 2 is 1.74 bits per heavy atom. The van der Waals surface area contributed by atoms with Crippen molar-refractivity contribution in [3.63, 3.8) is 0 Å². The maximum atomic E-state index is 10.8. The third-order valence-electron chi connectivity index (χ3n) is 3.53. The second-order valence-corrected chi connectivity index (χ2v) is 5.04. The molecule has 2 aromatic carbocycles. The fourth-order valence-corrected chi connectivity index (χ4v) is 2.40. The lowest BCUT2D eigenvalue weighted by molar-refractivity contribution is 0.155. The number of urea groups is 1. The standard InChI is InChI=1S/C18H21N3O2/c1-3-16(20-21-18(19)22)17(23-2)15-11-9-14(10-12-15)13-7-5-4-6-8-13/h4-12,17H,3H2,1-2H3,(H3,19,21,22). The maximum Gasteiger partial charge on any atom is 0.332 e. The van der Waals surface area contributed by atoms with Crippen molar-refractivity contribution in [2.24, 2.45) is 10.8 Å². The van der Waals surface area contributed by atoms with Gasteiger partial charge in [0.25, 0.3) is 0 Å². The molecule has 0 aromatic heterocycles. The Morgan fingerprint density at radius 3 is 2.26 bits per heavy atom. The number of amides is 2. The molecule has 1 atom stereocenters. The van der Waals surface area contributed by atoms with Crippen LogP contribution in [0.4, 0.5) is 4.79 Å². The Labute approximate surface area is 136 Å². The van der Waals surface area contributed by atoms with Gasteiger partial charge in [-0.3, -0.25) is 0 Å². The van der Waals surface area contributed by atoms with Crippen molar-refractivity contribution in [3.05, 3.63) is 60.2 Å². The minimum Gasteiger partial charge on any atom is -0.371 e. The summed E-state index contributed by atoms with van der Waals surface area (Å²) in [6.45, 7) is 1.95. The Balaban J connectivity index is 2.24. The van der Waals surface area contributed by atoms with Crippen molar-refractivity contribution < 1.29 is 9.53 Å². The fourth-order valence-electron chi connectivity index (χ4n) is 2.40. The number of methoxy groups -OCH3 is 1. The number of hydrogen-bond donors (Lipinski definition) is 2. The summed E-state index contributed by atoms with van der Waals surface area (Å²) in [6.07, 6.45) is 0.316. The molecule has 5 nitrogen and oxygen atoms in total. The molecule has 0 aliphatic heterocycles. The average Bonchev–Trinajstić information content (AvgIpc) is 2.59. The molecule has 120 valence electrons. The summed E-state index contributed by atoms with van der Waals surface area (Å²) in [7, 11) is 1.62. The summed E-state index contributed by atoms with van der Waals surface area (Å²) in [5, 5.41) is 4.04. The molecule has 0 bridgehead atoms. The van der Waals surface area contributed by atoms with Gasteiger partial charge in [0.2, 0.25) is 0 Å². The Bertz CT molecular complexity index is 666. The molecule has 2 rings (SSSR count). The number of carbonyl (C=O) groups is 1. The predicted octanol–water partition coefficient (Wildman–Crippen LogP) is 3.48. The molecule has 0 saturated carbocycles. The first-order valence-corrected chi connectivity index (χ1v) is 7.45. The first-order chi connectivity index (χ1) is 11.2. The largest absolute Gasteiger partial charge is 0.371 e. The monoisotopic (exact) mass is 311 g/mol. The van der Waals surface area contributed by atoms with Gasteiger partial charge in [-0.25, -0.2) is 10.2 Å². The van der Waals surface area contributed by atoms with E-state index in [-0.39, 0.29) is 6.10 Å². The van der Waals surface area contributed by atoms with E-state index in [1.807, 2.05) is 49.4 Å². The summed E-state index contributed by atoms with van der Waals surface area (Å²) in [5.41, 5.74) is 11.3. The minimum absolute atomic E-state index is 0.323. The average molecular weight is 311 g/mol. The van der Waals surface area contributed by atoms with Crippen LogP contribution in [-0.2, 0) is 4.74 Å². The number of primary amides is 1. The van der Waals surface area contributed by atoms with Gasteiger partial charge in [-0.05, 0) is 23.1 Å². The van der Waals surface area contributed by atoms with E-state index in [0.29, 0.717) is 12.1 Å². The van der Waals surface area contributed by atoms with E-state index >= 15 is 0 Å². The molecule has 2 amide bonds. The number of carbonyl (C=O) groups excluding carboxylic acids is 1. The van der Waals surface area contributed by atoms with Gasteiger partial charge in [0.1, 0.15) is 6.10 Å². The summed E-state index contributed by atoms with van der Waals surface area (Å²) >= 11 is 0. The highest BCUT2D eigenvalue weighted by Crippen LogP contribution is 2.24. The first kappa shape index (κ1) is 16.7. The van der Waals surface area contributed by atoms with Gasteiger partial charge in [0.05, 0.1) is 5.71 Å². The van der Waals surface area contributed by atoms with Crippen LogP contribution >= 0.6 is 0 Å². The van der Waals surface area contributed by atoms with Crippen LogP contribution < -0.4 is 11.2 Å². The van der Waals surface area contributed by atoms with E-state index in [2.05, 4.69) is 22.7 Å². The number of rotatable bonds is 6. The van der Waals surface area contributed by atoms with E-state index in [4.69, 9.17) is 10.5 Å². The number of hydrazone groups is 1. The van der Waals surface area contributed by atoms with Crippen LogP contribution in [0, 0.1) is 0 Å². The summed E-state index contributed by atoms with van der Waals surface area (Å²) < 4.78 is 5.54. The number of benzene rings is 2. The number of nitrogens with zero attached hydrogens (tertiary/aromatic N) is 1. The third kappa shape index (κ3) is 4.40. The molecular weight excluding hydrogens is 290 g/mol. The SMILES string of the molecule is CCC(=NNC(N)=O)C(OC)c1ccc(-c2ccccc2)cc1. The van der Waals surface area contributed by atoms with Crippen molar-refractivity contribution in [3.8, 4) is 11.1 Å². The number of nitrogens with one attached hydrogen (secondary N) is 1. The molecule has 0 aliphatic rings. The predicted molar refractivity (Wildman–Crippen MR) is 92.1 cm³/mol. The van der Waals surface area contributed by atoms with Crippen LogP contribution in [0.15, 0.2) is 59.7 Å². The zero-order valence-electron chi connectivity index (χ0n) is 13.3. The molecule has 5 heteroatoms. The molecular formula is C18H21N3O2. The molecule has 0 saturated heterocycles. The lowest BCUT2D eigenvalue weighted by Gasteiger charge is -2.17. The molecule has 0 aliphatic carbocycles. The van der Waals surface area contributed by atoms with Crippen LogP contribution in [0.2, 0.25) is 0 Å². The molecule has 0 spiro atoms. The van der Waals surface area contributed by atoms with Gasteiger partial charge >= 0.3 is 6.03 Å². The van der Waals surface area contributed by atoms with Gasteiger partial charge < -0.3 is 10.5 Å². The molecule has 1 unspecified atom stereocenters. The maximum absolute atomic E-state index is 10.8. The Kier molecular flexibility index (Phi) is 5.88. The van der Waals surface area contributed by atoms with Crippen molar-refractivity contribution in [1.29, 1.82) is 0 Å². The van der Waals surface area contributed by atoms with E-state index in [0.717, 1.165) is 16.7 Å². The quantitative estimate of drug-likeness (QED) is 0.633. The van der Waals surface area contributed by atoms with E-state index in [1.54, 1.807) is 7.11 Å². The van der Waals surface area contributed by atoms with Crippen LogP contribution in [-0.4, -0.2) is 18.9 Å². The summed E-state index contributed by atoms with van der Waals surface area (Å²) in [4.78, 5) is 10.8. The molecule has 0 heterocycles. The Hall–Kier alpha value is -2.66. The van der Waals surface area contributed by atoms with Gasteiger partial charge in [-0.2, -0.15) is 5.10 Å². The van der Waals surface area contributed by atoms with Gasteiger partial charge in [-0.15, -0.1) is 0 Å². The summed E-state index contributed by atoms with van der Waals surface area (Å²) in [6, 6.07) is 17.6. The van der Waals surface area contributed by atoms with E-state index in [9.17, 15) is 4.79 Å². The topological polar surface area (TPSA) is 76.7 Å². The smallest absolute Gasteiger partial charge is 0.332 e. The highest BCUT2D eigenvalue weighted by molar-refractivity contribution is 5.90. The molecule has 23 heavy (non-hydrogen) atoms. The zero-order valence-corrected chi connectivity index (χ0v) is 13.3. The number of nitrogens with two attached hydrogens (primary N) is 1. The third-order valence-corrected chi connectivity index (χ3v) is 3.53. The lowest BCUT2D eigenvalue weighted by atomic mass is 9.99. The number of ether oxygens (including phenoxy) is 1. The lowest BCUT2D eigenvalue weighted by Crippen LogP contribution is -2.27. The molecule has 0 radical (unpaired) electrons. The second kappa shape index (κ2) is 8.10. The Morgan fingerprint density at radius 1 is 1.13 bits per heavy atom. The summed E-state index contributed by atoms with van der Waals surface area (Å²) in [5.74, 6) is 0. The van der Waals surface area contributed by atoms with Crippen LogP contribution in [0.1, 0.15) is 25.0 Å². The normalized spacial score (nSPS) is 12.7. The molecule has 2 aromatic rings. The van der Waals surface area contributed by atoms with Crippen LogP contribution in [0.3, 0.4) is 0 Å². The van der Waals surface area contributed by atoms with Crippen LogP contribution in [0.5, 0.6) is 0 Å². The van der Waals surface area contributed by atoms with Crippen molar-refractivity contribution in [2.45, 2.75) is 19.4 Å². The number of hydrogen-bond acceptors (Lipinski definition) is 3. The van der Waals surface area contributed by atoms with Crippen molar-refractivity contribution in [1.82, 2.24) is 5.43 Å². The van der Waals surface area contributed by atoms with Gasteiger partial charge in [-0.1, -0.05) is 61.5 Å². The van der Waals surface area contributed by atoms with Crippen LogP contribution in [0.25, 0.3) is 11.1 Å². The first-order valence-electron chi connectivity index (χ1n) is 7.45. The molecule has 3 N–H and O–H groups in total. The van der Waals surface area contributed by atoms with Crippen molar-refractivity contribution >= 4 is 11.7 Å². The molecule has 0 fully saturated rings. The van der Waals surface area contributed by atoms with Gasteiger partial charge in [0, 0.05) is 7.11 Å². The van der Waals surface area contributed by atoms with Gasteiger partial charge in [0.15, 0.2) is 0 Å². The second-order valence-electron chi connectivity index (χ2n) is 5.04. The fraction of sp³-hybridized carbons (Fsp3) is 0.222.